The molecule has 3 unspecified atom stereocenters. The maximum absolute atomic E-state index is 14.1. The molecule has 0 amide bonds. The molecular formula is C30H32FN5O4Si. The van der Waals surface area contributed by atoms with E-state index in [0.29, 0.717) is 0 Å². The maximum atomic E-state index is 14.1. The molecule has 2 aromatic heterocycles. The molecule has 1 aliphatic heterocycles. The Balaban J connectivity index is 1.59. The molecule has 0 bridgehead atoms. The van der Waals surface area contributed by atoms with Crippen molar-refractivity contribution in [2.45, 2.75) is 57.1 Å². The van der Waals surface area contributed by atoms with E-state index in [1.807, 2.05) is 36.4 Å². The lowest BCUT2D eigenvalue weighted by molar-refractivity contribution is -0.155. The molecule has 0 radical (unpaired) electrons. The van der Waals surface area contributed by atoms with Crippen molar-refractivity contribution in [3.05, 3.63) is 73.1 Å². The highest BCUT2D eigenvalue weighted by Crippen LogP contribution is 2.43. The number of carbonyl (C=O) groups excluding carboxylic acids is 1. The number of rotatable bonds is 7. The number of hydrogen-bond donors (Lipinski definition) is 1. The largest absolute Gasteiger partial charge is 0.458 e. The van der Waals surface area contributed by atoms with Crippen LogP contribution >= 0.6 is 0 Å². The first-order chi connectivity index (χ1) is 19.5. The van der Waals surface area contributed by atoms with Crippen LogP contribution in [0.1, 0.15) is 40.3 Å². The lowest BCUT2D eigenvalue weighted by Crippen LogP contribution is -2.68. The molecule has 2 N–H and O–H groups in total. The van der Waals surface area contributed by atoms with Gasteiger partial charge < -0.3 is 19.6 Å². The first-order valence-electron chi connectivity index (χ1n) is 13.2. The number of hydrogen-bond acceptors (Lipinski definition) is 8. The molecule has 5 rings (SSSR count). The number of halogens is 1. The van der Waals surface area contributed by atoms with Crippen LogP contribution in [0.4, 0.5) is 10.2 Å². The van der Waals surface area contributed by atoms with E-state index in [1.165, 1.54) is 17.8 Å². The smallest absolute Gasteiger partial charge is 0.312 e. The van der Waals surface area contributed by atoms with Crippen LogP contribution in [0.15, 0.2) is 67.0 Å². The summed E-state index contributed by atoms with van der Waals surface area (Å²) in [5, 5.41) is 1.80. The van der Waals surface area contributed by atoms with Crippen molar-refractivity contribution in [2.75, 3.05) is 12.3 Å². The summed E-state index contributed by atoms with van der Waals surface area (Å²) in [5.74, 6) is 2.14. The number of esters is 1. The molecule has 1 fully saturated rings. The third-order valence-corrected chi connectivity index (χ3v) is 12.5. The van der Waals surface area contributed by atoms with Crippen LogP contribution in [0, 0.1) is 18.4 Å². The lowest BCUT2D eigenvalue weighted by atomic mass is 9.98. The van der Waals surface area contributed by atoms with Gasteiger partial charge in [-0.25, -0.2) is 4.98 Å². The van der Waals surface area contributed by atoms with E-state index in [4.69, 9.17) is 26.1 Å². The number of anilines is 1. The highest BCUT2D eigenvalue weighted by atomic mass is 28.4. The van der Waals surface area contributed by atoms with Crippen molar-refractivity contribution in [1.82, 2.24) is 19.5 Å². The van der Waals surface area contributed by atoms with Gasteiger partial charge in [0.05, 0.1) is 12.9 Å². The van der Waals surface area contributed by atoms with Gasteiger partial charge in [0.25, 0.3) is 8.32 Å². The summed E-state index contributed by atoms with van der Waals surface area (Å²) in [4.78, 5) is 23.9. The summed E-state index contributed by atoms with van der Waals surface area (Å²) in [6.07, 6.45) is 5.10. The lowest BCUT2D eigenvalue weighted by Gasteiger charge is -2.44. The van der Waals surface area contributed by atoms with Gasteiger partial charge in [-0.2, -0.15) is 14.4 Å². The minimum atomic E-state index is -3.02. The molecule has 1 saturated heterocycles. The van der Waals surface area contributed by atoms with E-state index in [0.717, 1.165) is 10.4 Å². The predicted octanol–water partition coefficient (Wildman–Crippen LogP) is 3.35. The number of ether oxygens (including phenoxy) is 2. The summed E-state index contributed by atoms with van der Waals surface area (Å²) < 4.78 is 35.0. The molecule has 3 atom stereocenters. The third-order valence-electron chi connectivity index (χ3n) is 7.49. The molecule has 41 heavy (non-hydrogen) atoms. The predicted molar refractivity (Wildman–Crippen MR) is 155 cm³/mol. The van der Waals surface area contributed by atoms with E-state index in [-0.39, 0.29) is 35.0 Å². The number of nitrogen functional groups attached to an aromatic ring is 1. The monoisotopic (exact) mass is 573 g/mol. The SMILES string of the molecule is C#CC1(CO[Si](c2ccccc2)(c2ccccc2)C(C)(C)C)OC(n2cnc3c(N)nc(F)nc32)CC1OC(C)=O. The minimum absolute atomic E-state index is 0.0661. The minimum Gasteiger partial charge on any atom is -0.458 e. The van der Waals surface area contributed by atoms with Gasteiger partial charge in [0.1, 0.15) is 12.3 Å². The van der Waals surface area contributed by atoms with Crippen LogP contribution < -0.4 is 16.1 Å². The highest BCUT2D eigenvalue weighted by Gasteiger charge is 2.56. The third kappa shape index (κ3) is 4.99. The summed E-state index contributed by atoms with van der Waals surface area (Å²) in [5.41, 5.74) is 4.77. The number of fused-ring (bicyclic) bond motifs is 1. The second-order valence-electron chi connectivity index (χ2n) is 11.1. The van der Waals surface area contributed by atoms with Gasteiger partial charge in [0.15, 0.2) is 22.6 Å². The molecule has 4 aromatic rings. The van der Waals surface area contributed by atoms with Crippen molar-refractivity contribution in [3.8, 4) is 12.3 Å². The zero-order valence-corrected chi connectivity index (χ0v) is 24.4. The molecule has 0 aliphatic carbocycles. The highest BCUT2D eigenvalue weighted by molar-refractivity contribution is 6.99. The number of nitrogens with two attached hydrogens (primary N) is 1. The van der Waals surface area contributed by atoms with Crippen LogP contribution in [0.2, 0.25) is 5.04 Å². The van der Waals surface area contributed by atoms with Crippen molar-refractivity contribution >= 4 is 41.6 Å². The Morgan fingerprint density at radius 2 is 1.78 bits per heavy atom. The molecule has 3 heterocycles. The van der Waals surface area contributed by atoms with E-state index < -0.39 is 38.3 Å². The van der Waals surface area contributed by atoms with Crippen LogP contribution in [-0.4, -0.2) is 52.1 Å². The average molecular weight is 574 g/mol. The van der Waals surface area contributed by atoms with Gasteiger partial charge in [-0.15, -0.1) is 6.42 Å². The van der Waals surface area contributed by atoms with E-state index in [2.05, 4.69) is 65.9 Å². The van der Waals surface area contributed by atoms with Crippen molar-refractivity contribution in [3.63, 3.8) is 0 Å². The van der Waals surface area contributed by atoms with Crippen molar-refractivity contribution in [1.29, 1.82) is 0 Å². The number of carbonyl (C=O) groups is 1. The Bertz CT molecular complexity index is 1560. The fourth-order valence-corrected chi connectivity index (χ4v) is 10.2. The Morgan fingerprint density at radius 1 is 1.17 bits per heavy atom. The van der Waals surface area contributed by atoms with Crippen molar-refractivity contribution in [2.24, 2.45) is 0 Å². The van der Waals surface area contributed by atoms with Gasteiger partial charge >= 0.3 is 12.0 Å². The van der Waals surface area contributed by atoms with Crippen LogP contribution in [-0.2, 0) is 18.7 Å². The van der Waals surface area contributed by atoms with Gasteiger partial charge in [0.2, 0.25) is 0 Å². The fraction of sp³-hybridized carbons (Fsp3) is 0.333. The first kappa shape index (κ1) is 28.4. The van der Waals surface area contributed by atoms with Crippen LogP contribution in [0.5, 0.6) is 0 Å². The number of aromatic nitrogens is 4. The summed E-state index contributed by atoms with van der Waals surface area (Å²) in [6, 6.07) is 20.2. The summed E-state index contributed by atoms with van der Waals surface area (Å²) in [6.45, 7) is 7.70. The number of terminal acetylenes is 1. The normalized spacial score (nSPS) is 21.1. The average Bonchev–Trinajstić information content (AvgIpc) is 3.51. The summed E-state index contributed by atoms with van der Waals surface area (Å²) >= 11 is 0. The van der Waals surface area contributed by atoms with Crippen molar-refractivity contribution < 1.29 is 23.1 Å². The van der Waals surface area contributed by atoms with Gasteiger partial charge in [-0.1, -0.05) is 87.4 Å². The molecule has 0 spiro atoms. The number of benzene rings is 2. The Labute approximate surface area is 239 Å². The Hall–Kier alpha value is -4.11. The van der Waals surface area contributed by atoms with E-state index >= 15 is 0 Å². The molecule has 212 valence electrons. The van der Waals surface area contributed by atoms with E-state index in [9.17, 15) is 9.18 Å². The zero-order valence-electron chi connectivity index (χ0n) is 23.4. The molecule has 9 nitrogen and oxygen atoms in total. The number of imidazole rings is 1. The quantitative estimate of drug-likeness (QED) is 0.155. The standard InChI is InChI=1S/C30H32FN5O4Si/c1-6-30(18-38-41(29(3,4)5,21-13-9-7-10-14-21)22-15-11-8-12-16-22)23(39-20(2)37)17-24(40-30)36-19-33-25-26(32)34-28(31)35-27(25)36/h1,7-16,19,23-24H,17-18H2,2-5H3,(H2,32,34,35). The topological polar surface area (TPSA) is 114 Å². The van der Waals surface area contributed by atoms with Gasteiger partial charge in [0, 0.05) is 13.3 Å². The molecular weight excluding hydrogens is 541 g/mol. The Kier molecular flexibility index (Phi) is 7.42. The molecule has 1 aliphatic rings. The van der Waals surface area contributed by atoms with Crippen LogP contribution in [0.3, 0.4) is 0 Å². The Morgan fingerprint density at radius 3 is 2.32 bits per heavy atom. The zero-order chi connectivity index (χ0) is 29.4. The molecule has 2 aromatic carbocycles. The first-order valence-corrected chi connectivity index (χ1v) is 15.1. The molecule has 11 heteroatoms. The van der Waals surface area contributed by atoms with Gasteiger partial charge in [-0.3, -0.25) is 9.36 Å². The number of nitrogens with zero attached hydrogens (tertiary/aromatic N) is 4. The molecule has 0 saturated carbocycles. The second-order valence-corrected chi connectivity index (χ2v) is 15.4. The maximum Gasteiger partial charge on any atom is 0.312 e. The van der Waals surface area contributed by atoms with Crippen LogP contribution in [0.25, 0.3) is 11.2 Å². The van der Waals surface area contributed by atoms with Gasteiger partial charge in [-0.05, 0) is 15.4 Å². The fourth-order valence-electron chi connectivity index (χ4n) is 5.65. The summed E-state index contributed by atoms with van der Waals surface area (Å²) in [7, 11) is -3.02. The van der Waals surface area contributed by atoms with E-state index in [1.54, 1.807) is 0 Å². The second kappa shape index (κ2) is 10.7.